The first-order valence-electron chi connectivity index (χ1n) is 5.21. The van der Waals surface area contributed by atoms with Gasteiger partial charge in [0, 0.05) is 5.69 Å². The Morgan fingerprint density at radius 2 is 2.17 bits per heavy atom. The molecule has 0 saturated carbocycles. The molecule has 0 bridgehead atoms. The van der Waals surface area contributed by atoms with Gasteiger partial charge in [-0.1, -0.05) is 6.07 Å². The predicted molar refractivity (Wildman–Crippen MR) is 62.9 cm³/mol. The summed E-state index contributed by atoms with van der Waals surface area (Å²) in [6, 6.07) is 4.58. The van der Waals surface area contributed by atoms with Crippen molar-refractivity contribution in [3.63, 3.8) is 0 Å². The van der Waals surface area contributed by atoms with Gasteiger partial charge in [-0.3, -0.25) is 9.59 Å². The van der Waals surface area contributed by atoms with Crippen LogP contribution in [0.5, 0.6) is 0 Å². The fraction of sp³-hybridized carbons (Fsp3) is 0.182. The number of carbonyl (C=O) groups is 3. The summed E-state index contributed by atoms with van der Waals surface area (Å²) in [6.45, 7) is 0. The van der Waals surface area contributed by atoms with E-state index in [1.807, 2.05) is 0 Å². The summed E-state index contributed by atoms with van der Waals surface area (Å²) in [5.74, 6) is -1.74. The minimum Gasteiger partial charge on any atom is -0.481 e. The van der Waals surface area contributed by atoms with E-state index in [0.29, 0.717) is 11.4 Å². The zero-order valence-electron chi connectivity index (χ0n) is 9.29. The third-order valence-electron chi connectivity index (χ3n) is 2.53. The van der Waals surface area contributed by atoms with Crippen molar-refractivity contribution in [2.75, 3.05) is 10.6 Å². The number of aliphatic carboxylic acids is 1. The van der Waals surface area contributed by atoms with Gasteiger partial charge < -0.3 is 16.2 Å². The van der Waals surface area contributed by atoms with Crippen molar-refractivity contribution in [3.8, 4) is 0 Å². The number of urea groups is 1. The lowest BCUT2D eigenvalue weighted by molar-refractivity contribution is -0.139. The van der Waals surface area contributed by atoms with E-state index in [2.05, 4.69) is 5.32 Å². The highest BCUT2D eigenvalue weighted by Crippen LogP contribution is 2.22. The van der Waals surface area contributed by atoms with Gasteiger partial charge >= 0.3 is 12.0 Å². The maximum Gasteiger partial charge on any atom is 0.329 e. The van der Waals surface area contributed by atoms with Crippen molar-refractivity contribution in [1.29, 1.82) is 0 Å². The molecule has 1 saturated heterocycles. The van der Waals surface area contributed by atoms with Crippen molar-refractivity contribution in [3.05, 3.63) is 24.3 Å². The van der Waals surface area contributed by atoms with E-state index in [9.17, 15) is 14.4 Å². The molecule has 7 heteroatoms. The summed E-state index contributed by atoms with van der Waals surface area (Å²) < 4.78 is 0. The van der Waals surface area contributed by atoms with Crippen LogP contribution in [0, 0.1) is 0 Å². The Morgan fingerprint density at radius 3 is 2.78 bits per heavy atom. The molecule has 0 spiro atoms. The number of rotatable bonds is 3. The Balaban J connectivity index is 2.27. The number of benzene rings is 1. The van der Waals surface area contributed by atoms with Crippen molar-refractivity contribution in [1.82, 2.24) is 5.32 Å². The van der Waals surface area contributed by atoms with Gasteiger partial charge in [-0.05, 0) is 18.2 Å². The van der Waals surface area contributed by atoms with Gasteiger partial charge in [0.1, 0.15) is 6.04 Å². The molecule has 1 fully saturated rings. The second kappa shape index (κ2) is 4.36. The topological polar surface area (TPSA) is 113 Å². The molecular weight excluding hydrogens is 238 g/mol. The van der Waals surface area contributed by atoms with Crippen LogP contribution in [-0.4, -0.2) is 29.1 Å². The van der Waals surface area contributed by atoms with Crippen molar-refractivity contribution < 1.29 is 19.5 Å². The minimum atomic E-state index is -1.15. The minimum absolute atomic E-state index is 0.324. The highest BCUT2D eigenvalue weighted by atomic mass is 16.4. The van der Waals surface area contributed by atoms with E-state index in [1.165, 1.54) is 6.07 Å². The number of hydrogen-bond acceptors (Lipinski definition) is 4. The smallest absolute Gasteiger partial charge is 0.329 e. The lowest BCUT2D eigenvalue weighted by atomic mass is 10.2. The second-order valence-corrected chi connectivity index (χ2v) is 3.87. The normalized spacial score (nSPS) is 18.9. The monoisotopic (exact) mass is 249 g/mol. The maximum atomic E-state index is 11.9. The summed E-state index contributed by atoms with van der Waals surface area (Å²) in [7, 11) is 0. The lowest BCUT2D eigenvalue weighted by Crippen LogP contribution is -2.32. The van der Waals surface area contributed by atoms with Crippen LogP contribution in [0.2, 0.25) is 0 Å². The molecule has 1 atom stereocenters. The molecule has 4 N–H and O–H groups in total. The summed E-state index contributed by atoms with van der Waals surface area (Å²) >= 11 is 0. The molecule has 94 valence electrons. The van der Waals surface area contributed by atoms with Gasteiger partial charge in [0.15, 0.2) is 0 Å². The molecule has 1 unspecified atom stereocenters. The fourth-order valence-electron chi connectivity index (χ4n) is 1.75. The zero-order valence-corrected chi connectivity index (χ0v) is 9.29. The van der Waals surface area contributed by atoms with Gasteiger partial charge in [-0.15, -0.1) is 0 Å². The molecule has 1 heterocycles. The SMILES string of the molecule is Nc1cccc(N2C(=O)NC(CC(=O)O)C2=O)c1. The molecule has 1 aliphatic heterocycles. The first kappa shape index (κ1) is 11.9. The Morgan fingerprint density at radius 1 is 1.44 bits per heavy atom. The number of anilines is 2. The molecule has 18 heavy (non-hydrogen) atoms. The number of nitrogen functional groups attached to an aromatic ring is 1. The van der Waals surface area contributed by atoms with Gasteiger partial charge in [-0.25, -0.2) is 9.69 Å². The number of nitrogens with one attached hydrogen (secondary N) is 1. The summed E-state index contributed by atoms with van der Waals surface area (Å²) in [5.41, 5.74) is 6.30. The lowest BCUT2D eigenvalue weighted by Gasteiger charge is -2.13. The van der Waals surface area contributed by atoms with Gasteiger partial charge in [0.2, 0.25) is 0 Å². The van der Waals surface area contributed by atoms with Crippen LogP contribution < -0.4 is 16.0 Å². The summed E-state index contributed by atoms with van der Waals surface area (Å²) in [6.07, 6.45) is -0.441. The Kier molecular flexibility index (Phi) is 2.88. The number of hydrogen-bond donors (Lipinski definition) is 3. The third kappa shape index (κ3) is 2.10. The number of carbonyl (C=O) groups excluding carboxylic acids is 2. The number of imide groups is 1. The van der Waals surface area contributed by atoms with Crippen LogP contribution in [0.1, 0.15) is 6.42 Å². The molecule has 2 rings (SSSR count). The molecule has 1 aromatic carbocycles. The summed E-state index contributed by atoms with van der Waals surface area (Å²) in [5, 5.41) is 11.0. The van der Waals surface area contributed by atoms with Crippen LogP contribution in [0.15, 0.2) is 24.3 Å². The molecule has 1 aromatic rings. The number of carboxylic acid groups (broad SMARTS) is 1. The van der Waals surface area contributed by atoms with Crippen molar-refractivity contribution in [2.24, 2.45) is 0 Å². The van der Waals surface area contributed by atoms with Gasteiger partial charge in [0.25, 0.3) is 5.91 Å². The molecule has 1 aliphatic rings. The first-order valence-corrected chi connectivity index (χ1v) is 5.21. The third-order valence-corrected chi connectivity index (χ3v) is 2.53. The van der Waals surface area contributed by atoms with E-state index >= 15 is 0 Å². The van der Waals surface area contributed by atoms with E-state index in [1.54, 1.807) is 18.2 Å². The molecule has 3 amide bonds. The predicted octanol–water partition coefficient (Wildman–Crippen LogP) is 0.168. The highest BCUT2D eigenvalue weighted by Gasteiger charge is 2.40. The van der Waals surface area contributed by atoms with Crippen molar-refractivity contribution in [2.45, 2.75) is 12.5 Å². The van der Waals surface area contributed by atoms with Crippen LogP contribution >= 0.6 is 0 Å². The van der Waals surface area contributed by atoms with E-state index in [4.69, 9.17) is 10.8 Å². The average molecular weight is 249 g/mol. The van der Waals surface area contributed by atoms with Gasteiger partial charge in [-0.2, -0.15) is 0 Å². The fourth-order valence-corrected chi connectivity index (χ4v) is 1.75. The van der Waals surface area contributed by atoms with Crippen LogP contribution in [0.25, 0.3) is 0 Å². The second-order valence-electron chi connectivity index (χ2n) is 3.87. The molecule has 0 aromatic heterocycles. The van der Waals surface area contributed by atoms with Gasteiger partial charge in [0.05, 0.1) is 12.1 Å². The van der Waals surface area contributed by atoms with Crippen LogP contribution in [0.4, 0.5) is 16.2 Å². The van der Waals surface area contributed by atoms with E-state index < -0.39 is 30.4 Å². The number of nitrogens with two attached hydrogens (primary N) is 1. The van der Waals surface area contributed by atoms with Crippen LogP contribution in [0.3, 0.4) is 0 Å². The largest absolute Gasteiger partial charge is 0.481 e. The number of nitrogens with zero attached hydrogens (tertiary/aromatic N) is 1. The van der Waals surface area contributed by atoms with E-state index in [0.717, 1.165) is 4.90 Å². The van der Waals surface area contributed by atoms with Crippen LogP contribution in [-0.2, 0) is 9.59 Å². The van der Waals surface area contributed by atoms with E-state index in [-0.39, 0.29) is 0 Å². The first-order chi connectivity index (χ1) is 8.49. The Labute approximate surface area is 102 Å². The molecular formula is C11H11N3O4. The highest BCUT2D eigenvalue weighted by molar-refractivity contribution is 6.22. The molecule has 0 radical (unpaired) electrons. The average Bonchev–Trinajstić information content (AvgIpc) is 2.53. The number of carboxylic acids is 1. The Hall–Kier alpha value is -2.57. The zero-order chi connectivity index (χ0) is 13.3. The number of amides is 3. The molecule has 7 nitrogen and oxygen atoms in total. The Bertz CT molecular complexity index is 529. The quantitative estimate of drug-likeness (QED) is 0.522. The standard InChI is InChI=1S/C11H11N3O4/c12-6-2-1-3-7(4-6)14-10(17)8(5-9(15)16)13-11(14)18/h1-4,8H,5,12H2,(H,13,18)(H,15,16). The summed E-state index contributed by atoms with van der Waals surface area (Å²) in [4.78, 5) is 35.0. The molecule has 0 aliphatic carbocycles. The maximum absolute atomic E-state index is 11.9. The van der Waals surface area contributed by atoms with Crippen molar-refractivity contribution >= 4 is 29.3 Å².